The van der Waals surface area contributed by atoms with Crippen molar-refractivity contribution in [3.63, 3.8) is 0 Å². The second-order valence-corrected chi connectivity index (χ2v) is 9.51. The van der Waals surface area contributed by atoms with E-state index in [0.29, 0.717) is 5.92 Å². The predicted molar refractivity (Wildman–Crippen MR) is 111 cm³/mol. The van der Waals surface area contributed by atoms with Gasteiger partial charge >= 0.3 is 0 Å². The van der Waals surface area contributed by atoms with Crippen LogP contribution in [0.2, 0.25) is 0 Å². The highest BCUT2D eigenvalue weighted by Gasteiger charge is 2.48. The molecule has 0 aromatic carbocycles. The van der Waals surface area contributed by atoms with E-state index in [0.717, 1.165) is 32.4 Å². The smallest absolute Gasteiger partial charge is 0.237 e. The molecule has 0 radical (unpaired) electrons. The minimum atomic E-state index is -1.36. The molecule has 0 bridgehead atoms. The Kier molecular flexibility index (Phi) is 9.32. The van der Waals surface area contributed by atoms with E-state index in [1.165, 1.54) is 11.8 Å². The first kappa shape index (κ1) is 24.2. The highest BCUT2D eigenvalue weighted by atomic mass is 35.5. The van der Waals surface area contributed by atoms with Crippen molar-refractivity contribution in [2.75, 3.05) is 19.3 Å². The van der Waals surface area contributed by atoms with Crippen LogP contribution in [0, 0.1) is 5.92 Å². The molecule has 0 aromatic rings. The van der Waals surface area contributed by atoms with Gasteiger partial charge in [0.15, 0.2) is 0 Å². The average molecular weight is 439 g/mol. The maximum Gasteiger partial charge on any atom is 0.237 e. The van der Waals surface area contributed by atoms with Crippen LogP contribution in [0.3, 0.4) is 0 Å². The second-order valence-electron chi connectivity index (χ2n) is 7.88. The second kappa shape index (κ2) is 10.8. The normalized spacial score (nSPS) is 38.9. The predicted octanol–water partition coefficient (Wildman–Crippen LogP) is 0.780. The summed E-state index contributed by atoms with van der Waals surface area (Å²) in [7, 11) is 0. The lowest BCUT2D eigenvalue weighted by Crippen LogP contribution is -2.65. The van der Waals surface area contributed by atoms with Gasteiger partial charge in [-0.1, -0.05) is 20.3 Å². The van der Waals surface area contributed by atoms with Gasteiger partial charge in [-0.2, -0.15) is 0 Å². The Hall–Kier alpha value is -0.0900. The standard InChI is InChI=1S/C19H35ClN2O5S/c1-5-7-11-8-12(22(6-2)9-11)18(26)21-13(10(3)20)17-15(24)14(23)16(25)19(27-17)28-4/h10-17,19,23-25H,5-9H2,1-4H3,(H,21,26)/t10-,11?,12?,13+,14-,15+,16+,17+,19+/m0/s1. The highest BCUT2D eigenvalue weighted by Crippen LogP contribution is 2.31. The van der Waals surface area contributed by atoms with Crippen LogP contribution in [0.5, 0.6) is 0 Å². The number of halogens is 1. The third-order valence-electron chi connectivity index (χ3n) is 5.89. The number of alkyl halides is 1. The van der Waals surface area contributed by atoms with Gasteiger partial charge in [-0.05, 0) is 38.5 Å². The third kappa shape index (κ3) is 5.33. The van der Waals surface area contributed by atoms with Crippen molar-refractivity contribution in [1.82, 2.24) is 10.2 Å². The van der Waals surface area contributed by atoms with Crippen molar-refractivity contribution in [2.45, 2.75) is 87.3 Å². The number of carbonyl (C=O) groups is 1. The van der Waals surface area contributed by atoms with Crippen molar-refractivity contribution >= 4 is 29.3 Å². The topological polar surface area (TPSA) is 102 Å². The third-order valence-corrected chi connectivity index (χ3v) is 7.02. The van der Waals surface area contributed by atoms with Crippen LogP contribution in [0.4, 0.5) is 0 Å². The van der Waals surface area contributed by atoms with Crippen LogP contribution in [-0.4, -0.2) is 92.8 Å². The molecule has 0 aromatic heterocycles. The number of rotatable bonds is 8. The Morgan fingerprint density at radius 3 is 2.50 bits per heavy atom. The number of thioether (sulfide) groups is 1. The monoisotopic (exact) mass is 438 g/mol. The summed E-state index contributed by atoms with van der Waals surface area (Å²) in [5.41, 5.74) is -0.703. The van der Waals surface area contributed by atoms with Crippen LogP contribution < -0.4 is 5.32 Å². The van der Waals surface area contributed by atoms with Gasteiger partial charge < -0.3 is 25.4 Å². The number of likely N-dealkylation sites (tertiary alicyclic amines) is 1. The molecule has 2 aliphatic rings. The molecule has 9 heteroatoms. The van der Waals surface area contributed by atoms with Crippen LogP contribution in [0.1, 0.15) is 40.0 Å². The van der Waals surface area contributed by atoms with E-state index in [-0.39, 0.29) is 11.9 Å². The quantitative estimate of drug-likeness (QED) is 0.415. The molecule has 2 fully saturated rings. The number of hydrogen-bond acceptors (Lipinski definition) is 7. The lowest BCUT2D eigenvalue weighted by Gasteiger charge is -2.44. The van der Waals surface area contributed by atoms with Gasteiger partial charge in [0.25, 0.3) is 0 Å². The van der Waals surface area contributed by atoms with Crippen molar-refractivity contribution in [1.29, 1.82) is 0 Å². The number of amides is 1. The first-order valence-corrected chi connectivity index (χ1v) is 11.9. The van der Waals surface area contributed by atoms with E-state index in [2.05, 4.69) is 17.1 Å². The fourth-order valence-corrected chi connectivity index (χ4v) is 5.21. The van der Waals surface area contributed by atoms with Crippen LogP contribution in [0.15, 0.2) is 0 Å². The van der Waals surface area contributed by atoms with Gasteiger partial charge in [-0.25, -0.2) is 0 Å². The minimum Gasteiger partial charge on any atom is -0.388 e. The van der Waals surface area contributed by atoms with Crippen molar-refractivity contribution in [3.8, 4) is 0 Å². The van der Waals surface area contributed by atoms with E-state index < -0.39 is 41.3 Å². The summed E-state index contributed by atoms with van der Waals surface area (Å²) >= 11 is 7.59. The van der Waals surface area contributed by atoms with Crippen molar-refractivity contribution in [2.24, 2.45) is 5.92 Å². The lowest BCUT2D eigenvalue weighted by atomic mass is 9.92. The maximum absolute atomic E-state index is 13.1. The fraction of sp³-hybridized carbons (Fsp3) is 0.947. The molecule has 2 heterocycles. The molecule has 2 unspecified atom stereocenters. The van der Waals surface area contributed by atoms with E-state index in [1.807, 2.05) is 6.92 Å². The first-order valence-electron chi connectivity index (χ1n) is 10.2. The van der Waals surface area contributed by atoms with E-state index in [9.17, 15) is 20.1 Å². The molecule has 0 aliphatic carbocycles. The van der Waals surface area contributed by atoms with E-state index >= 15 is 0 Å². The number of nitrogens with one attached hydrogen (secondary N) is 1. The molecule has 0 spiro atoms. The van der Waals surface area contributed by atoms with Crippen LogP contribution in [0.25, 0.3) is 0 Å². The zero-order valence-corrected chi connectivity index (χ0v) is 18.7. The van der Waals surface area contributed by atoms with Gasteiger partial charge in [0, 0.05) is 6.54 Å². The van der Waals surface area contributed by atoms with Crippen molar-refractivity contribution in [3.05, 3.63) is 0 Å². The Labute approximate surface area is 177 Å². The number of ether oxygens (including phenoxy) is 1. The molecule has 9 atom stereocenters. The Morgan fingerprint density at radius 2 is 1.96 bits per heavy atom. The summed E-state index contributed by atoms with van der Waals surface area (Å²) in [4.78, 5) is 15.2. The SMILES string of the molecule is CCCC1CC(C(=O)N[C@@H]([C@H]2O[C@H](SC)[C@H](O)[C@@H](O)[C@H]2O)[C@H](C)Cl)N(CC)C1. The molecule has 2 rings (SSSR count). The molecule has 2 aliphatic heterocycles. The molecule has 164 valence electrons. The van der Waals surface area contributed by atoms with Crippen molar-refractivity contribution < 1.29 is 24.9 Å². The molecule has 2 saturated heterocycles. The van der Waals surface area contributed by atoms with Gasteiger partial charge in [0.2, 0.25) is 5.91 Å². The van der Waals surface area contributed by atoms with E-state index in [4.69, 9.17) is 16.3 Å². The van der Waals surface area contributed by atoms with Gasteiger partial charge in [-0.15, -0.1) is 23.4 Å². The number of aliphatic hydroxyl groups is 3. The highest BCUT2D eigenvalue weighted by molar-refractivity contribution is 7.99. The summed E-state index contributed by atoms with van der Waals surface area (Å²) in [6.45, 7) is 7.62. The molecular weight excluding hydrogens is 404 g/mol. The summed E-state index contributed by atoms with van der Waals surface area (Å²) in [6, 6.07) is -0.919. The summed E-state index contributed by atoms with van der Waals surface area (Å²) in [5, 5.41) is 33.2. The number of hydrogen-bond donors (Lipinski definition) is 4. The largest absolute Gasteiger partial charge is 0.388 e. The van der Waals surface area contributed by atoms with Gasteiger partial charge in [0.05, 0.1) is 17.5 Å². The first-order chi connectivity index (χ1) is 13.2. The number of likely N-dealkylation sites (N-methyl/N-ethyl adjacent to an activating group) is 1. The number of carbonyl (C=O) groups excluding carboxylic acids is 1. The van der Waals surface area contributed by atoms with Crippen LogP contribution in [-0.2, 0) is 9.53 Å². The molecule has 1 amide bonds. The molecular formula is C19H35ClN2O5S. The van der Waals surface area contributed by atoms with Gasteiger partial charge in [0.1, 0.15) is 29.9 Å². The molecule has 0 saturated carbocycles. The Balaban J connectivity index is 2.12. The average Bonchev–Trinajstić information content (AvgIpc) is 3.08. The lowest BCUT2D eigenvalue weighted by molar-refractivity contribution is -0.205. The fourth-order valence-electron chi connectivity index (χ4n) is 4.32. The summed E-state index contributed by atoms with van der Waals surface area (Å²) in [6.07, 6.45) is -0.0744. The zero-order chi connectivity index (χ0) is 21.0. The maximum atomic E-state index is 13.1. The Bertz CT molecular complexity index is 513. The molecule has 28 heavy (non-hydrogen) atoms. The number of nitrogens with zero attached hydrogens (tertiary/aromatic N) is 1. The minimum absolute atomic E-state index is 0.130. The summed E-state index contributed by atoms with van der Waals surface area (Å²) < 4.78 is 5.82. The molecule has 7 nitrogen and oxygen atoms in total. The number of aliphatic hydroxyl groups excluding tert-OH is 3. The van der Waals surface area contributed by atoms with Crippen LogP contribution >= 0.6 is 23.4 Å². The molecule has 4 N–H and O–H groups in total. The van der Waals surface area contributed by atoms with Gasteiger partial charge in [-0.3, -0.25) is 9.69 Å². The summed E-state index contributed by atoms with van der Waals surface area (Å²) in [5.74, 6) is 0.372. The zero-order valence-electron chi connectivity index (χ0n) is 17.1. The van der Waals surface area contributed by atoms with E-state index in [1.54, 1.807) is 13.2 Å². The Morgan fingerprint density at radius 1 is 1.29 bits per heavy atom.